The molecule has 0 radical (unpaired) electrons. The fourth-order valence-electron chi connectivity index (χ4n) is 2.82. The van der Waals surface area contributed by atoms with Crippen LogP contribution in [0.4, 0.5) is 4.39 Å². The van der Waals surface area contributed by atoms with Crippen LogP contribution < -0.4 is 4.74 Å². The first-order valence-electron chi connectivity index (χ1n) is 8.45. The van der Waals surface area contributed by atoms with E-state index in [1.165, 1.54) is 0 Å². The Labute approximate surface area is 147 Å². The molecule has 2 aliphatic rings. The highest BCUT2D eigenvalue weighted by Crippen LogP contribution is 2.43. The average Bonchev–Trinajstić information content (AvgIpc) is 2.74. The second kappa shape index (κ2) is 6.43. The molecule has 1 saturated carbocycles. The van der Waals surface area contributed by atoms with Crippen molar-refractivity contribution >= 4 is 7.12 Å². The van der Waals surface area contributed by atoms with Gasteiger partial charge >= 0.3 is 7.12 Å². The highest BCUT2D eigenvalue weighted by Gasteiger charge is 2.54. The number of rotatable bonds is 4. The molecule has 2 heterocycles. The quantitative estimate of drug-likeness (QED) is 0.781. The van der Waals surface area contributed by atoms with Crippen molar-refractivity contribution in [1.29, 1.82) is 5.26 Å². The van der Waals surface area contributed by atoms with Crippen LogP contribution in [0.15, 0.2) is 29.5 Å². The van der Waals surface area contributed by atoms with Crippen molar-refractivity contribution in [2.24, 2.45) is 5.92 Å². The standard InChI is InChI=1S/C18H22BFN2O3/c1-17(2)18(3,4)25-19(24-17)16(20)13-8-12(9-13)11-23-15-7-5-6-14(10-21)22-15/h5-7,12H,8-9,11H2,1-4H3. The summed E-state index contributed by atoms with van der Waals surface area (Å²) in [5, 5.41) is 8.83. The van der Waals surface area contributed by atoms with E-state index < -0.39 is 18.3 Å². The van der Waals surface area contributed by atoms with E-state index in [0.717, 1.165) is 5.57 Å². The fourth-order valence-corrected chi connectivity index (χ4v) is 2.82. The maximum atomic E-state index is 14.6. The Hall–Kier alpha value is -1.91. The first kappa shape index (κ1) is 17.9. The Bertz CT molecular complexity index is 718. The third-order valence-electron chi connectivity index (χ3n) is 5.17. The van der Waals surface area contributed by atoms with Crippen LogP contribution >= 0.6 is 0 Å². The van der Waals surface area contributed by atoms with Crippen molar-refractivity contribution in [3.63, 3.8) is 0 Å². The molecule has 1 aliphatic heterocycles. The number of hydrogen-bond acceptors (Lipinski definition) is 5. The number of halogens is 1. The molecule has 1 saturated heterocycles. The molecule has 1 aromatic rings. The van der Waals surface area contributed by atoms with E-state index in [0.29, 0.717) is 31.0 Å². The Kier molecular flexibility index (Phi) is 4.61. The predicted octanol–water partition coefficient (Wildman–Crippen LogP) is 3.60. The van der Waals surface area contributed by atoms with Gasteiger partial charge in [0.2, 0.25) is 5.88 Å². The van der Waals surface area contributed by atoms with Gasteiger partial charge in [0.25, 0.3) is 0 Å². The second-order valence-electron chi connectivity index (χ2n) is 7.60. The van der Waals surface area contributed by atoms with Crippen LogP contribution in [0.2, 0.25) is 0 Å². The number of ether oxygens (including phenoxy) is 1. The largest absolute Gasteiger partial charge is 0.525 e. The van der Waals surface area contributed by atoms with Gasteiger partial charge in [-0.25, -0.2) is 9.37 Å². The SMILES string of the molecule is CC1(C)OB(C(F)=C2CC(COc3cccc(C#N)n3)C2)OC1(C)C. The normalized spacial score (nSPS) is 23.8. The topological polar surface area (TPSA) is 64.4 Å². The lowest BCUT2D eigenvalue weighted by atomic mass is 9.73. The van der Waals surface area contributed by atoms with Crippen LogP contribution in [-0.4, -0.2) is 29.9 Å². The van der Waals surface area contributed by atoms with Crippen molar-refractivity contribution < 1.29 is 18.4 Å². The Balaban J connectivity index is 1.53. The third kappa shape index (κ3) is 3.56. The summed E-state index contributed by atoms with van der Waals surface area (Å²) in [5.41, 5.74) is -0.345. The lowest BCUT2D eigenvalue weighted by Crippen LogP contribution is -2.41. The average molecular weight is 344 g/mol. The molecule has 0 N–H and O–H groups in total. The maximum Gasteiger partial charge on any atom is 0.525 e. The number of nitriles is 1. The number of aromatic nitrogens is 1. The van der Waals surface area contributed by atoms with E-state index >= 15 is 0 Å². The summed E-state index contributed by atoms with van der Waals surface area (Å²) in [4.78, 5) is 4.06. The minimum Gasteiger partial charge on any atom is -0.477 e. The van der Waals surface area contributed by atoms with Crippen LogP contribution in [0.5, 0.6) is 5.88 Å². The predicted molar refractivity (Wildman–Crippen MR) is 91.4 cm³/mol. The summed E-state index contributed by atoms with van der Waals surface area (Å²) in [7, 11) is -0.921. The Morgan fingerprint density at radius 2 is 1.96 bits per heavy atom. The minimum atomic E-state index is -0.921. The van der Waals surface area contributed by atoms with Crippen LogP contribution in [0.3, 0.4) is 0 Å². The molecule has 0 bridgehead atoms. The van der Waals surface area contributed by atoms with Gasteiger partial charge in [-0.1, -0.05) is 6.07 Å². The Morgan fingerprint density at radius 3 is 2.56 bits per heavy atom. The summed E-state index contributed by atoms with van der Waals surface area (Å²) in [6, 6.07) is 7.03. The summed E-state index contributed by atoms with van der Waals surface area (Å²) in [6.07, 6.45) is 1.24. The van der Waals surface area contributed by atoms with Crippen LogP contribution in [0, 0.1) is 17.2 Å². The number of hydrogen-bond donors (Lipinski definition) is 0. The number of nitrogens with zero attached hydrogens (tertiary/aromatic N) is 2. The molecule has 0 amide bonds. The molecule has 0 unspecified atom stereocenters. The lowest BCUT2D eigenvalue weighted by Gasteiger charge is -2.32. The molecule has 0 spiro atoms. The molecule has 3 rings (SSSR count). The molecule has 0 atom stereocenters. The summed E-state index contributed by atoms with van der Waals surface area (Å²) in [5.74, 6) is 0.652. The highest BCUT2D eigenvalue weighted by molar-refractivity contribution is 6.53. The van der Waals surface area contributed by atoms with E-state index in [-0.39, 0.29) is 11.6 Å². The summed E-state index contributed by atoms with van der Waals surface area (Å²) < 4.78 is 31.7. The molecule has 2 fully saturated rings. The van der Waals surface area contributed by atoms with Crippen molar-refractivity contribution in [1.82, 2.24) is 4.98 Å². The molecule has 0 aromatic carbocycles. The smallest absolute Gasteiger partial charge is 0.477 e. The van der Waals surface area contributed by atoms with Crippen LogP contribution in [-0.2, 0) is 9.31 Å². The molecular weight excluding hydrogens is 322 g/mol. The molecule has 7 heteroatoms. The van der Waals surface area contributed by atoms with E-state index in [9.17, 15) is 4.39 Å². The van der Waals surface area contributed by atoms with Gasteiger partial charge in [0.1, 0.15) is 17.5 Å². The van der Waals surface area contributed by atoms with Gasteiger partial charge < -0.3 is 14.0 Å². The van der Waals surface area contributed by atoms with Gasteiger partial charge in [0.15, 0.2) is 0 Å². The highest BCUT2D eigenvalue weighted by atomic mass is 19.1. The van der Waals surface area contributed by atoms with E-state index in [2.05, 4.69) is 4.98 Å². The monoisotopic (exact) mass is 344 g/mol. The van der Waals surface area contributed by atoms with Crippen LogP contribution in [0.25, 0.3) is 0 Å². The minimum absolute atomic E-state index is 0.232. The zero-order valence-corrected chi connectivity index (χ0v) is 15.0. The third-order valence-corrected chi connectivity index (χ3v) is 5.17. The van der Waals surface area contributed by atoms with Crippen molar-refractivity contribution in [2.45, 2.75) is 51.7 Å². The number of allylic oxidation sites excluding steroid dienone is 1. The first-order chi connectivity index (χ1) is 11.7. The lowest BCUT2D eigenvalue weighted by molar-refractivity contribution is 0.00578. The van der Waals surface area contributed by atoms with E-state index in [4.69, 9.17) is 19.3 Å². The van der Waals surface area contributed by atoms with Crippen molar-refractivity contribution in [3.05, 3.63) is 35.2 Å². The fraction of sp³-hybridized carbons (Fsp3) is 0.556. The molecule has 5 nitrogen and oxygen atoms in total. The van der Waals surface area contributed by atoms with Crippen molar-refractivity contribution in [2.75, 3.05) is 6.61 Å². The summed E-state index contributed by atoms with van der Waals surface area (Å²) >= 11 is 0. The molecular formula is C18H22BFN2O3. The zero-order chi connectivity index (χ0) is 18.2. The summed E-state index contributed by atoms with van der Waals surface area (Å²) in [6.45, 7) is 8.08. The van der Waals surface area contributed by atoms with Gasteiger partial charge in [0.05, 0.1) is 17.8 Å². The maximum absolute atomic E-state index is 14.6. The molecule has 1 aliphatic carbocycles. The zero-order valence-electron chi connectivity index (χ0n) is 15.0. The number of pyridine rings is 1. The van der Waals surface area contributed by atoms with Gasteiger partial charge in [0, 0.05) is 12.0 Å². The van der Waals surface area contributed by atoms with E-state index in [1.54, 1.807) is 18.2 Å². The van der Waals surface area contributed by atoms with Crippen molar-refractivity contribution in [3.8, 4) is 11.9 Å². The molecule has 132 valence electrons. The van der Waals surface area contributed by atoms with E-state index in [1.807, 2.05) is 33.8 Å². The van der Waals surface area contributed by atoms with Gasteiger partial charge in [-0.2, -0.15) is 5.26 Å². The molecule has 1 aromatic heterocycles. The first-order valence-corrected chi connectivity index (χ1v) is 8.45. The Morgan fingerprint density at radius 1 is 1.32 bits per heavy atom. The second-order valence-corrected chi connectivity index (χ2v) is 7.60. The van der Waals surface area contributed by atoms with Gasteiger partial charge in [-0.05, 0) is 52.2 Å². The van der Waals surface area contributed by atoms with Gasteiger partial charge in [-0.15, -0.1) is 0 Å². The van der Waals surface area contributed by atoms with Gasteiger partial charge in [-0.3, -0.25) is 0 Å². The van der Waals surface area contributed by atoms with Crippen LogP contribution in [0.1, 0.15) is 46.2 Å². The molecule has 25 heavy (non-hydrogen) atoms.